The van der Waals surface area contributed by atoms with Crippen molar-refractivity contribution in [3.63, 3.8) is 0 Å². The summed E-state index contributed by atoms with van der Waals surface area (Å²) in [6.07, 6.45) is 1.60. The van der Waals surface area contributed by atoms with Crippen LogP contribution in [0.25, 0.3) is 6.08 Å². The van der Waals surface area contributed by atoms with Crippen molar-refractivity contribution < 1.29 is 19.2 Å². The molecule has 0 spiro atoms. The van der Waals surface area contributed by atoms with Gasteiger partial charge in [-0.2, -0.15) is 0 Å². The Hall–Kier alpha value is -2.52. The van der Waals surface area contributed by atoms with Gasteiger partial charge in [0.25, 0.3) is 5.69 Å². The summed E-state index contributed by atoms with van der Waals surface area (Å²) in [5.74, 6) is 0.174. The zero-order chi connectivity index (χ0) is 20.4. The summed E-state index contributed by atoms with van der Waals surface area (Å²) in [6.45, 7) is 3.86. The zero-order valence-corrected chi connectivity index (χ0v) is 18.0. The van der Waals surface area contributed by atoms with E-state index in [1.54, 1.807) is 6.08 Å². The van der Waals surface area contributed by atoms with Gasteiger partial charge in [0.05, 0.1) is 20.0 Å². The number of ether oxygens (including phenoxy) is 2. The molecule has 9 heteroatoms. The Kier molecular flexibility index (Phi) is 5.95. The fourth-order valence-electron chi connectivity index (χ4n) is 2.43. The van der Waals surface area contributed by atoms with Gasteiger partial charge in [0.15, 0.2) is 5.70 Å². The van der Waals surface area contributed by atoms with Crippen molar-refractivity contribution in [2.45, 2.75) is 20.0 Å². The number of carbonyl (C=O) groups excluding carboxylic acids is 1. The van der Waals surface area contributed by atoms with Crippen LogP contribution in [-0.4, -0.2) is 22.9 Å². The number of rotatable bonds is 5. The molecule has 0 aromatic heterocycles. The first-order valence-electron chi connectivity index (χ1n) is 8.17. The number of hydrogen-bond acceptors (Lipinski definition) is 6. The van der Waals surface area contributed by atoms with Crippen LogP contribution >= 0.6 is 31.9 Å². The smallest absolute Gasteiger partial charge is 0.363 e. The number of halogens is 2. The summed E-state index contributed by atoms with van der Waals surface area (Å²) in [7, 11) is 0. The van der Waals surface area contributed by atoms with Crippen LogP contribution in [0.2, 0.25) is 0 Å². The van der Waals surface area contributed by atoms with Gasteiger partial charge in [-0.3, -0.25) is 10.1 Å². The van der Waals surface area contributed by atoms with E-state index in [0.29, 0.717) is 11.3 Å². The van der Waals surface area contributed by atoms with Gasteiger partial charge in [-0.1, -0.05) is 0 Å². The highest BCUT2D eigenvalue weighted by molar-refractivity contribution is 9.11. The van der Waals surface area contributed by atoms with Gasteiger partial charge in [0.1, 0.15) is 5.75 Å². The molecular formula is C19H14Br2N2O5. The molecule has 0 N–H and O–H groups in total. The van der Waals surface area contributed by atoms with E-state index in [-0.39, 0.29) is 23.4 Å². The Bertz CT molecular complexity index is 990. The van der Waals surface area contributed by atoms with E-state index in [9.17, 15) is 14.9 Å². The topological polar surface area (TPSA) is 91.0 Å². The van der Waals surface area contributed by atoms with E-state index in [1.807, 2.05) is 26.0 Å². The van der Waals surface area contributed by atoms with Gasteiger partial charge in [-0.15, -0.1) is 0 Å². The number of aliphatic imine (C=N–C) groups is 1. The minimum Gasteiger partial charge on any atom is -0.489 e. The number of cyclic esters (lactones) is 1. The first kappa shape index (κ1) is 20.2. The Morgan fingerprint density at radius 1 is 1.18 bits per heavy atom. The van der Waals surface area contributed by atoms with Crippen molar-refractivity contribution in [1.29, 1.82) is 0 Å². The molecule has 7 nitrogen and oxygen atoms in total. The van der Waals surface area contributed by atoms with Gasteiger partial charge in [-0.25, -0.2) is 9.79 Å². The quantitative estimate of drug-likeness (QED) is 0.237. The molecule has 0 radical (unpaired) electrons. The van der Waals surface area contributed by atoms with Gasteiger partial charge in [-0.05, 0) is 81.6 Å². The lowest BCUT2D eigenvalue weighted by Gasteiger charge is -2.14. The number of esters is 1. The second kappa shape index (κ2) is 8.24. The lowest BCUT2D eigenvalue weighted by Crippen LogP contribution is -2.06. The van der Waals surface area contributed by atoms with Crippen LogP contribution in [0.1, 0.15) is 25.0 Å². The van der Waals surface area contributed by atoms with E-state index in [4.69, 9.17) is 9.47 Å². The molecule has 144 valence electrons. The SMILES string of the molecule is CC(C)Oc1c(Br)cc(/C=C2\N=C(c3ccc([N+](=O)[O-])cc3)OC2=O)cc1Br. The van der Waals surface area contributed by atoms with Crippen molar-refractivity contribution in [3.8, 4) is 5.75 Å². The lowest BCUT2D eigenvalue weighted by molar-refractivity contribution is -0.384. The van der Waals surface area contributed by atoms with E-state index in [1.165, 1.54) is 24.3 Å². The lowest BCUT2D eigenvalue weighted by atomic mass is 10.2. The fourth-order valence-corrected chi connectivity index (χ4v) is 3.84. The predicted molar refractivity (Wildman–Crippen MR) is 111 cm³/mol. The molecule has 2 aromatic carbocycles. The van der Waals surface area contributed by atoms with E-state index in [0.717, 1.165) is 14.5 Å². The molecule has 0 fully saturated rings. The molecule has 3 rings (SSSR count). The Morgan fingerprint density at radius 2 is 1.79 bits per heavy atom. The molecule has 2 aromatic rings. The molecule has 1 aliphatic heterocycles. The minimum atomic E-state index is -0.594. The highest BCUT2D eigenvalue weighted by atomic mass is 79.9. The maximum Gasteiger partial charge on any atom is 0.363 e. The molecule has 1 aliphatic rings. The molecule has 0 saturated carbocycles. The van der Waals surface area contributed by atoms with Crippen molar-refractivity contribution in [2.75, 3.05) is 0 Å². The molecule has 1 heterocycles. The van der Waals surface area contributed by atoms with Crippen molar-refractivity contribution >= 4 is 55.5 Å². The fraction of sp³-hybridized carbons (Fsp3) is 0.158. The third-order valence-corrected chi connectivity index (χ3v) is 4.80. The molecule has 0 atom stereocenters. The Balaban J connectivity index is 1.90. The molecule has 0 unspecified atom stereocenters. The highest BCUT2D eigenvalue weighted by Gasteiger charge is 2.25. The van der Waals surface area contributed by atoms with Crippen LogP contribution in [0.3, 0.4) is 0 Å². The van der Waals surface area contributed by atoms with E-state index < -0.39 is 10.9 Å². The summed E-state index contributed by atoms with van der Waals surface area (Å²) in [5.41, 5.74) is 1.27. The van der Waals surface area contributed by atoms with Crippen LogP contribution in [-0.2, 0) is 9.53 Å². The predicted octanol–water partition coefficient (Wildman–Crippen LogP) is 5.25. The third-order valence-electron chi connectivity index (χ3n) is 3.62. The van der Waals surface area contributed by atoms with Crippen LogP contribution in [0.4, 0.5) is 5.69 Å². The zero-order valence-electron chi connectivity index (χ0n) is 14.8. The maximum absolute atomic E-state index is 12.2. The number of non-ortho nitro benzene ring substituents is 1. The standard InChI is InChI=1S/C19H14Br2N2O5/c1-10(2)27-17-14(20)7-11(8-15(17)21)9-16-19(24)28-18(22-16)12-3-5-13(6-4-12)23(25)26/h3-10H,1-2H3/b16-9-. The first-order chi connectivity index (χ1) is 13.2. The molecular weight excluding hydrogens is 496 g/mol. The Labute approximate surface area is 177 Å². The normalized spacial score (nSPS) is 15.0. The van der Waals surface area contributed by atoms with Crippen LogP contribution < -0.4 is 4.74 Å². The maximum atomic E-state index is 12.2. The second-order valence-corrected chi connectivity index (χ2v) is 7.83. The first-order valence-corrected chi connectivity index (χ1v) is 9.76. The molecule has 0 saturated heterocycles. The monoisotopic (exact) mass is 508 g/mol. The van der Waals surface area contributed by atoms with E-state index in [2.05, 4.69) is 36.9 Å². The average Bonchev–Trinajstić information content (AvgIpc) is 2.99. The summed E-state index contributed by atoms with van der Waals surface area (Å²) in [6, 6.07) is 9.24. The summed E-state index contributed by atoms with van der Waals surface area (Å²) in [5, 5.41) is 10.7. The van der Waals surface area contributed by atoms with Crippen LogP contribution in [0.5, 0.6) is 5.75 Å². The van der Waals surface area contributed by atoms with Gasteiger partial charge in [0, 0.05) is 17.7 Å². The van der Waals surface area contributed by atoms with Crippen LogP contribution in [0.15, 0.2) is 56.0 Å². The van der Waals surface area contributed by atoms with E-state index >= 15 is 0 Å². The number of carbonyl (C=O) groups is 1. The molecule has 0 amide bonds. The summed E-state index contributed by atoms with van der Waals surface area (Å²) in [4.78, 5) is 26.6. The van der Waals surface area contributed by atoms with Gasteiger partial charge >= 0.3 is 5.97 Å². The summed E-state index contributed by atoms with van der Waals surface area (Å²) < 4.78 is 12.4. The number of hydrogen-bond donors (Lipinski definition) is 0. The van der Waals surface area contributed by atoms with Crippen molar-refractivity contribution in [3.05, 3.63) is 72.3 Å². The second-order valence-electron chi connectivity index (χ2n) is 6.12. The summed E-state index contributed by atoms with van der Waals surface area (Å²) >= 11 is 6.93. The van der Waals surface area contributed by atoms with Crippen LogP contribution in [0, 0.1) is 10.1 Å². The van der Waals surface area contributed by atoms with Gasteiger partial charge < -0.3 is 9.47 Å². The third kappa shape index (κ3) is 4.48. The molecule has 28 heavy (non-hydrogen) atoms. The number of nitro groups is 1. The number of benzene rings is 2. The highest BCUT2D eigenvalue weighted by Crippen LogP contribution is 2.36. The van der Waals surface area contributed by atoms with Gasteiger partial charge in [0.2, 0.25) is 5.90 Å². The molecule has 0 bridgehead atoms. The van der Waals surface area contributed by atoms with Crippen molar-refractivity contribution in [1.82, 2.24) is 0 Å². The number of nitrogens with zero attached hydrogens (tertiary/aromatic N) is 2. The molecule has 0 aliphatic carbocycles. The Morgan fingerprint density at radius 3 is 2.32 bits per heavy atom. The number of nitro benzene ring substituents is 1. The largest absolute Gasteiger partial charge is 0.489 e. The minimum absolute atomic E-state index is 0.00969. The average molecular weight is 510 g/mol. The van der Waals surface area contributed by atoms with Crippen molar-refractivity contribution in [2.24, 2.45) is 4.99 Å².